The van der Waals surface area contributed by atoms with Crippen molar-refractivity contribution >= 4 is 5.91 Å². The fourth-order valence-electron chi connectivity index (χ4n) is 2.37. The van der Waals surface area contributed by atoms with E-state index in [1.54, 1.807) is 6.08 Å². The fraction of sp³-hybridized carbons (Fsp3) is 0.727. The lowest BCUT2D eigenvalue weighted by atomic mass is 10.0. The van der Waals surface area contributed by atoms with Crippen molar-refractivity contribution in [3.63, 3.8) is 0 Å². The number of hydrogen-bond acceptors (Lipinski definition) is 2. The summed E-state index contributed by atoms with van der Waals surface area (Å²) in [6.45, 7) is 8.00. The minimum Gasteiger partial charge on any atom is -0.338 e. The topological polar surface area (TPSA) is 32.3 Å². The number of amides is 1. The molecular weight excluding hydrogens is 176 g/mol. The summed E-state index contributed by atoms with van der Waals surface area (Å²) in [5.74, 6) is 1.59. The van der Waals surface area contributed by atoms with Gasteiger partial charge in [-0.05, 0) is 25.7 Å². The van der Waals surface area contributed by atoms with E-state index in [1.807, 2.05) is 18.7 Å². The molecule has 0 saturated carbocycles. The molecule has 2 heterocycles. The van der Waals surface area contributed by atoms with E-state index in [4.69, 9.17) is 0 Å². The number of nitrogens with one attached hydrogen (secondary N) is 1. The molecule has 2 fully saturated rings. The van der Waals surface area contributed by atoms with Gasteiger partial charge in [-0.15, -0.1) is 0 Å². The zero-order chi connectivity index (χ0) is 10.1. The van der Waals surface area contributed by atoms with E-state index in [0.29, 0.717) is 11.8 Å². The molecule has 0 aromatic rings. The smallest absolute Gasteiger partial charge is 0.246 e. The van der Waals surface area contributed by atoms with Crippen LogP contribution in [0.2, 0.25) is 0 Å². The standard InChI is InChI=1S/C11H18N2O/c1-8(2)3-11(14)13-6-9-4-12-5-10(9)7-13/h3,9-10,12H,4-7H2,1-2H3/t9-,10+. The Balaban J connectivity index is 1.96. The van der Waals surface area contributed by atoms with Crippen LogP contribution in [0.4, 0.5) is 0 Å². The van der Waals surface area contributed by atoms with Crippen LogP contribution in [0.1, 0.15) is 13.8 Å². The molecule has 0 bridgehead atoms. The molecule has 78 valence electrons. The Bertz CT molecular complexity index is 256. The van der Waals surface area contributed by atoms with E-state index >= 15 is 0 Å². The third-order valence-electron chi connectivity index (χ3n) is 3.11. The van der Waals surface area contributed by atoms with E-state index in [2.05, 4.69) is 5.32 Å². The number of carbonyl (C=O) groups excluding carboxylic acids is 1. The highest BCUT2D eigenvalue weighted by molar-refractivity contribution is 5.88. The van der Waals surface area contributed by atoms with E-state index < -0.39 is 0 Å². The highest BCUT2D eigenvalue weighted by Gasteiger charge is 2.37. The van der Waals surface area contributed by atoms with Gasteiger partial charge >= 0.3 is 0 Å². The van der Waals surface area contributed by atoms with Gasteiger partial charge in [0.25, 0.3) is 0 Å². The Morgan fingerprint density at radius 3 is 2.36 bits per heavy atom. The first-order valence-corrected chi connectivity index (χ1v) is 5.31. The zero-order valence-electron chi connectivity index (χ0n) is 8.92. The number of fused-ring (bicyclic) bond motifs is 1. The summed E-state index contributed by atoms with van der Waals surface area (Å²) < 4.78 is 0. The van der Waals surface area contributed by atoms with Crippen molar-refractivity contribution in [3.05, 3.63) is 11.6 Å². The zero-order valence-corrected chi connectivity index (χ0v) is 8.92. The minimum atomic E-state index is 0.194. The van der Waals surface area contributed by atoms with Gasteiger partial charge in [0, 0.05) is 32.3 Å². The van der Waals surface area contributed by atoms with Crippen LogP contribution in [-0.2, 0) is 4.79 Å². The molecule has 1 amide bonds. The summed E-state index contributed by atoms with van der Waals surface area (Å²) in [5, 5.41) is 3.37. The lowest BCUT2D eigenvalue weighted by Crippen LogP contribution is -2.30. The van der Waals surface area contributed by atoms with Gasteiger partial charge in [0.15, 0.2) is 0 Å². The largest absolute Gasteiger partial charge is 0.338 e. The lowest BCUT2D eigenvalue weighted by molar-refractivity contribution is -0.125. The second kappa shape index (κ2) is 3.73. The van der Waals surface area contributed by atoms with E-state index in [9.17, 15) is 4.79 Å². The van der Waals surface area contributed by atoms with Gasteiger partial charge in [0.2, 0.25) is 5.91 Å². The number of likely N-dealkylation sites (tertiary alicyclic amines) is 1. The van der Waals surface area contributed by atoms with Gasteiger partial charge in [-0.1, -0.05) is 5.57 Å². The molecular formula is C11H18N2O. The predicted molar refractivity (Wildman–Crippen MR) is 55.9 cm³/mol. The first-order chi connectivity index (χ1) is 6.66. The normalized spacial score (nSPS) is 30.3. The van der Waals surface area contributed by atoms with E-state index in [1.165, 1.54) is 0 Å². The van der Waals surface area contributed by atoms with Crippen LogP contribution in [0.25, 0.3) is 0 Å². The van der Waals surface area contributed by atoms with Crippen molar-refractivity contribution in [3.8, 4) is 0 Å². The first kappa shape index (κ1) is 9.71. The molecule has 2 atom stereocenters. The number of nitrogens with zero attached hydrogens (tertiary/aromatic N) is 1. The summed E-state index contributed by atoms with van der Waals surface area (Å²) in [4.78, 5) is 13.7. The van der Waals surface area contributed by atoms with Crippen LogP contribution in [0.15, 0.2) is 11.6 Å². The fourth-order valence-corrected chi connectivity index (χ4v) is 2.37. The van der Waals surface area contributed by atoms with Crippen molar-refractivity contribution in [2.45, 2.75) is 13.8 Å². The van der Waals surface area contributed by atoms with Crippen molar-refractivity contribution in [2.75, 3.05) is 26.2 Å². The lowest BCUT2D eigenvalue weighted by Gasteiger charge is -2.15. The molecule has 2 saturated heterocycles. The molecule has 2 aliphatic heterocycles. The monoisotopic (exact) mass is 194 g/mol. The maximum Gasteiger partial charge on any atom is 0.246 e. The Kier molecular flexibility index (Phi) is 2.59. The quantitative estimate of drug-likeness (QED) is 0.621. The van der Waals surface area contributed by atoms with Crippen molar-refractivity contribution < 1.29 is 4.79 Å². The van der Waals surface area contributed by atoms with Crippen LogP contribution >= 0.6 is 0 Å². The Hall–Kier alpha value is -0.830. The number of allylic oxidation sites excluding steroid dienone is 1. The van der Waals surface area contributed by atoms with Crippen LogP contribution < -0.4 is 5.32 Å². The third-order valence-corrected chi connectivity index (χ3v) is 3.11. The van der Waals surface area contributed by atoms with Crippen LogP contribution in [0.5, 0.6) is 0 Å². The van der Waals surface area contributed by atoms with Gasteiger partial charge in [0.05, 0.1) is 0 Å². The summed E-state index contributed by atoms with van der Waals surface area (Å²) in [5.41, 5.74) is 1.09. The Labute approximate surface area is 85.2 Å². The van der Waals surface area contributed by atoms with Gasteiger partial charge in [-0.2, -0.15) is 0 Å². The summed E-state index contributed by atoms with van der Waals surface area (Å²) in [6.07, 6.45) is 1.74. The van der Waals surface area contributed by atoms with Crippen LogP contribution in [-0.4, -0.2) is 37.0 Å². The molecule has 0 aromatic carbocycles. The number of carbonyl (C=O) groups is 1. The maximum absolute atomic E-state index is 11.7. The van der Waals surface area contributed by atoms with Crippen LogP contribution in [0.3, 0.4) is 0 Å². The molecule has 0 unspecified atom stereocenters. The average Bonchev–Trinajstić information content (AvgIpc) is 2.58. The second-order valence-electron chi connectivity index (χ2n) is 4.64. The highest BCUT2D eigenvalue weighted by atomic mass is 16.2. The molecule has 3 heteroatoms. The predicted octanol–water partition coefficient (Wildman–Crippen LogP) is 0.630. The third kappa shape index (κ3) is 1.82. The molecule has 14 heavy (non-hydrogen) atoms. The summed E-state index contributed by atoms with van der Waals surface area (Å²) in [7, 11) is 0. The first-order valence-electron chi connectivity index (χ1n) is 5.31. The van der Waals surface area contributed by atoms with Crippen molar-refractivity contribution in [2.24, 2.45) is 11.8 Å². The van der Waals surface area contributed by atoms with Gasteiger partial charge in [0.1, 0.15) is 0 Å². The molecule has 0 spiro atoms. The van der Waals surface area contributed by atoms with Crippen molar-refractivity contribution in [1.29, 1.82) is 0 Å². The average molecular weight is 194 g/mol. The maximum atomic E-state index is 11.7. The molecule has 0 aliphatic carbocycles. The molecule has 2 aliphatic rings. The molecule has 2 rings (SSSR count). The van der Waals surface area contributed by atoms with Crippen molar-refractivity contribution in [1.82, 2.24) is 10.2 Å². The highest BCUT2D eigenvalue weighted by Crippen LogP contribution is 2.26. The van der Waals surface area contributed by atoms with Gasteiger partial charge < -0.3 is 10.2 Å². The summed E-state index contributed by atoms with van der Waals surface area (Å²) in [6, 6.07) is 0. The number of rotatable bonds is 1. The van der Waals surface area contributed by atoms with Gasteiger partial charge in [-0.25, -0.2) is 0 Å². The number of hydrogen-bond donors (Lipinski definition) is 1. The molecule has 0 aromatic heterocycles. The van der Waals surface area contributed by atoms with E-state index in [-0.39, 0.29) is 5.91 Å². The molecule has 0 radical (unpaired) electrons. The molecule has 1 N–H and O–H groups in total. The Morgan fingerprint density at radius 1 is 1.29 bits per heavy atom. The van der Waals surface area contributed by atoms with Gasteiger partial charge in [-0.3, -0.25) is 4.79 Å². The second-order valence-corrected chi connectivity index (χ2v) is 4.64. The minimum absolute atomic E-state index is 0.194. The van der Waals surface area contributed by atoms with Crippen LogP contribution in [0, 0.1) is 11.8 Å². The van der Waals surface area contributed by atoms with E-state index in [0.717, 1.165) is 31.8 Å². The SMILES string of the molecule is CC(C)=CC(=O)N1C[C@H]2CNC[C@H]2C1. The Morgan fingerprint density at radius 2 is 1.86 bits per heavy atom. The molecule has 3 nitrogen and oxygen atoms in total. The summed E-state index contributed by atoms with van der Waals surface area (Å²) >= 11 is 0.